The smallest absolute Gasteiger partial charge is 0.231 e. The van der Waals surface area contributed by atoms with Gasteiger partial charge in [-0.1, -0.05) is 6.07 Å². The molecule has 2 saturated carbocycles. The van der Waals surface area contributed by atoms with Crippen LogP contribution in [0.25, 0.3) is 5.65 Å². The highest BCUT2D eigenvalue weighted by atomic mass is 35.5. The van der Waals surface area contributed by atoms with Crippen LogP contribution in [0.2, 0.25) is 0 Å². The number of alkyl halides is 3. The van der Waals surface area contributed by atoms with Crippen LogP contribution in [0, 0.1) is 17.8 Å². The third-order valence-electron chi connectivity index (χ3n) is 6.97. The summed E-state index contributed by atoms with van der Waals surface area (Å²) in [5.74, 6) is -1.22. The molecule has 3 aromatic heterocycles. The molecule has 10 nitrogen and oxygen atoms in total. The molecule has 1 amide bonds. The first kappa shape index (κ1) is 20.9. The molecule has 13 heteroatoms. The Labute approximate surface area is 192 Å². The van der Waals surface area contributed by atoms with E-state index in [4.69, 9.17) is 11.6 Å². The number of nitrogens with zero attached hydrogens (tertiary/aromatic N) is 6. The molecule has 3 N–H and O–H groups in total. The molecular formula is C20H22ClF2N9O. The summed E-state index contributed by atoms with van der Waals surface area (Å²) in [6.07, 6.45) is 2.76. The van der Waals surface area contributed by atoms with Gasteiger partial charge in [-0.3, -0.25) is 15.6 Å². The molecule has 0 aromatic carbocycles. The van der Waals surface area contributed by atoms with E-state index in [0.717, 1.165) is 5.56 Å². The molecule has 1 aliphatic heterocycles. The maximum atomic E-state index is 15.6. The van der Waals surface area contributed by atoms with Gasteiger partial charge in [0.05, 0.1) is 24.0 Å². The van der Waals surface area contributed by atoms with Gasteiger partial charge in [0.25, 0.3) is 0 Å². The van der Waals surface area contributed by atoms with Crippen LogP contribution in [0.1, 0.15) is 17.9 Å². The van der Waals surface area contributed by atoms with Crippen LogP contribution in [-0.2, 0) is 11.3 Å². The molecule has 8 atom stereocenters. The predicted molar refractivity (Wildman–Crippen MR) is 114 cm³/mol. The van der Waals surface area contributed by atoms with Crippen molar-refractivity contribution in [1.82, 2.24) is 40.4 Å². The molecule has 6 unspecified atom stereocenters. The van der Waals surface area contributed by atoms with Gasteiger partial charge in [0.1, 0.15) is 18.0 Å². The van der Waals surface area contributed by atoms with Crippen LogP contribution in [0.15, 0.2) is 30.9 Å². The topological polar surface area (TPSA) is 114 Å². The van der Waals surface area contributed by atoms with E-state index in [1.54, 1.807) is 10.6 Å². The van der Waals surface area contributed by atoms with Gasteiger partial charge in [-0.25, -0.2) is 13.8 Å². The number of aromatic nitrogens is 6. The lowest BCUT2D eigenvalue weighted by Crippen LogP contribution is -2.54. The zero-order chi connectivity index (χ0) is 22.7. The van der Waals surface area contributed by atoms with Gasteiger partial charge >= 0.3 is 0 Å². The highest BCUT2D eigenvalue weighted by Gasteiger charge is 2.53. The van der Waals surface area contributed by atoms with Crippen LogP contribution in [0.4, 0.5) is 14.6 Å². The quantitative estimate of drug-likeness (QED) is 0.471. The van der Waals surface area contributed by atoms with Crippen molar-refractivity contribution < 1.29 is 13.6 Å². The average Bonchev–Trinajstić information content (AvgIpc) is 3.22. The standard InChI is InChI=1S/C20H22ClF2N9O/c21-17-16(11-4-24-29-19(11)12(18(17)23)6-32-26-8-25-30-32)9-1-2-15-27-14(7-31(15)5-9)28-20(33)10-3-13(10)22/h1-2,5,7-8,10-13,16-19,24,29H,3-4,6H2,(H,28,33)/t10-,11?,12?,13+,16?,17?,18?,19?/m1/s1. The number of pyridine rings is 1. The molecule has 174 valence electrons. The van der Waals surface area contributed by atoms with E-state index < -0.39 is 29.6 Å². The maximum absolute atomic E-state index is 15.6. The minimum Gasteiger partial charge on any atom is -0.309 e. The number of nitrogens with one attached hydrogen (secondary N) is 3. The molecule has 4 heterocycles. The number of hydrazine groups is 1. The first-order chi connectivity index (χ1) is 16.0. The Morgan fingerprint density at radius 1 is 1.30 bits per heavy atom. The van der Waals surface area contributed by atoms with Crippen LogP contribution in [-0.4, -0.2) is 65.8 Å². The Morgan fingerprint density at radius 2 is 2.15 bits per heavy atom. The van der Waals surface area contributed by atoms with Crippen molar-refractivity contribution >= 4 is 29.0 Å². The minimum absolute atomic E-state index is 0.0459. The molecular weight excluding hydrogens is 456 g/mol. The number of carbonyl (C=O) groups is 1. The van der Waals surface area contributed by atoms with Crippen LogP contribution >= 0.6 is 11.6 Å². The molecule has 6 rings (SSSR count). The summed E-state index contributed by atoms with van der Waals surface area (Å²) in [6.45, 7) is 0.916. The van der Waals surface area contributed by atoms with Crippen LogP contribution < -0.4 is 16.2 Å². The Kier molecular flexibility index (Phi) is 5.03. The van der Waals surface area contributed by atoms with Crippen molar-refractivity contribution in [3.8, 4) is 0 Å². The summed E-state index contributed by atoms with van der Waals surface area (Å²) in [4.78, 5) is 17.8. The van der Waals surface area contributed by atoms with E-state index >= 15 is 4.39 Å². The van der Waals surface area contributed by atoms with E-state index in [2.05, 4.69) is 36.6 Å². The fraction of sp³-hybridized carbons (Fsp3) is 0.550. The van der Waals surface area contributed by atoms with Crippen LogP contribution in [0.3, 0.4) is 0 Å². The highest BCUT2D eigenvalue weighted by molar-refractivity contribution is 6.21. The third-order valence-corrected chi connectivity index (χ3v) is 7.48. The number of carbonyl (C=O) groups excluding carboxylic acids is 1. The second-order valence-electron chi connectivity index (χ2n) is 8.99. The molecule has 3 aromatic rings. The number of tetrazole rings is 1. The van der Waals surface area contributed by atoms with Gasteiger partial charge in [-0.15, -0.1) is 21.8 Å². The van der Waals surface area contributed by atoms with Gasteiger partial charge in [0.15, 0.2) is 12.1 Å². The first-order valence-electron chi connectivity index (χ1n) is 10.9. The minimum atomic E-state index is -1.29. The van der Waals surface area contributed by atoms with Gasteiger partial charge in [0.2, 0.25) is 5.91 Å². The number of rotatable bonds is 5. The van der Waals surface area contributed by atoms with E-state index in [1.165, 1.54) is 11.1 Å². The summed E-state index contributed by atoms with van der Waals surface area (Å²) in [5.41, 5.74) is 7.88. The van der Waals surface area contributed by atoms with E-state index in [9.17, 15) is 9.18 Å². The Bertz CT molecular complexity index is 1170. The summed E-state index contributed by atoms with van der Waals surface area (Å²) >= 11 is 6.74. The Hall–Kier alpha value is -2.70. The van der Waals surface area contributed by atoms with Crippen molar-refractivity contribution in [2.24, 2.45) is 17.8 Å². The largest absolute Gasteiger partial charge is 0.309 e. The van der Waals surface area contributed by atoms with Gasteiger partial charge in [-0.05, 0) is 29.2 Å². The zero-order valence-electron chi connectivity index (χ0n) is 17.4. The Balaban J connectivity index is 1.26. The fourth-order valence-corrected chi connectivity index (χ4v) is 5.72. The number of anilines is 1. The van der Waals surface area contributed by atoms with Crippen molar-refractivity contribution in [3.63, 3.8) is 0 Å². The number of fused-ring (bicyclic) bond motifs is 2. The fourth-order valence-electron chi connectivity index (χ4n) is 5.20. The van der Waals surface area contributed by atoms with E-state index in [1.807, 2.05) is 18.3 Å². The molecule has 3 fully saturated rings. The molecule has 3 aliphatic rings. The lowest BCUT2D eigenvalue weighted by molar-refractivity contribution is -0.117. The van der Waals surface area contributed by atoms with E-state index in [0.29, 0.717) is 18.0 Å². The van der Waals surface area contributed by atoms with Gasteiger partial charge in [-0.2, -0.15) is 4.80 Å². The van der Waals surface area contributed by atoms with Crippen molar-refractivity contribution in [2.45, 2.75) is 42.6 Å². The molecule has 0 spiro atoms. The van der Waals surface area contributed by atoms with Crippen molar-refractivity contribution in [1.29, 1.82) is 0 Å². The predicted octanol–water partition coefficient (Wildman–Crippen LogP) is 1.07. The molecule has 2 aliphatic carbocycles. The highest BCUT2D eigenvalue weighted by Crippen LogP contribution is 2.46. The molecule has 0 radical (unpaired) electrons. The normalized spacial score (nSPS) is 35.5. The van der Waals surface area contributed by atoms with Crippen LogP contribution in [0.5, 0.6) is 0 Å². The van der Waals surface area contributed by atoms with E-state index in [-0.39, 0.29) is 36.8 Å². The maximum Gasteiger partial charge on any atom is 0.231 e. The summed E-state index contributed by atoms with van der Waals surface area (Å²) < 4.78 is 30.5. The number of imidazole rings is 1. The zero-order valence-corrected chi connectivity index (χ0v) is 18.1. The molecule has 33 heavy (non-hydrogen) atoms. The summed E-state index contributed by atoms with van der Waals surface area (Å²) in [7, 11) is 0. The molecule has 0 bridgehead atoms. The SMILES string of the molecule is O=C(Nc1cn2cc(C3C(Cl)C(F)C(Cn4ncnn4)C4NNCC43)ccc2n1)[C@@H]1C[C@@H]1F. The van der Waals surface area contributed by atoms with Crippen molar-refractivity contribution in [2.75, 3.05) is 11.9 Å². The number of hydrogen-bond acceptors (Lipinski definition) is 7. The first-order valence-corrected chi connectivity index (χ1v) is 11.3. The van der Waals surface area contributed by atoms with Gasteiger partial charge in [0, 0.05) is 30.6 Å². The Morgan fingerprint density at radius 3 is 2.91 bits per heavy atom. The van der Waals surface area contributed by atoms with Crippen molar-refractivity contribution in [3.05, 3.63) is 36.4 Å². The second kappa shape index (κ2) is 7.96. The summed E-state index contributed by atoms with van der Waals surface area (Å²) in [5, 5.41) is 13.5. The number of hydrogen-bond donors (Lipinski definition) is 3. The molecule has 1 saturated heterocycles. The second-order valence-corrected chi connectivity index (χ2v) is 9.49. The number of halogens is 3. The third kappa shape index (κ3) is 3.65. The summed E-state index contributed by atoms with van der Waals surface area (Å²) in [6, 6.07) is 3.55. The van der Waals surface area contributed by atoms with Gasteiger partial charge < -0.3 is 9.72 Å². The lowest BCUT2D eigenvalue weighted by atomic mass is 9.68. The number of amides is 1. The monoisotopic (exact) mass is 477 g/mol. The average molecular weight is 478 g/mol. The lowest BCUT2D eigenvalue weighted by Gasteiger charge is -2.43.